The number of benzene rings is 2. The van der Waals surface area contributed by atoms with Gasteiger partial charge >= 0.3 is 11.9 Å². The van der Waals surface area contributed by atoms with Crippen LogP contribution >= 0.6 is 12.4 Å². The van der Waals surface area contributed by atoms with Gasteiger partial charge in [-0.3, -0.25) is 0 Å². The molecule has 2 aromatic rings. The molecule has 0 saturated heterocycles. The Hall–Kier alpha value is -2.41. The van der Waals surface area contributed by atoms with Crippen LogP contribution in [-0.2, 0) is 22.3 Å². The first kappa shape index (κ1) is 27.6. The molecule has 32 heavy (non-hydrogen) atoms. The fourth-order valence-corrected chi connectivity index (χ4v) is 2.92. The molecule has 0 saturated carbocycles. The molecule has 2 aromatic carbocycles. The van der Waals surface area contributed by atoms with Crippen LogP contribution in [0.15, 0.2) is 48.5 Å². The Morgan fingerprint density at radius 1 is 0.656 bits per heavy atom. The molecule has 7 heteroatoms. The van der Waals surface area contributed by atoms with E-state index in [1.807, 2.05) is 86.5 Å². The summed E-state index contributed by atoms with van der Waals surface area (Å²) < 4.78 is 10.5. The molecule has 0 aliphatic rings. The van der Waals surface area contributed by atoms with Gasteiger partial charge < -0.3 is 19.3 Å². The molecule has 0 radical (unpaired) electrons. The summed E-state index contributed by atoms with van der Waals surface area (Å²) in [5, 5.41) is 0. The minimum absolute atomic E-state index is 0. The van der Waals surface area contributed by atoms with Crippen molar-refractivity contribution in [3.05, 3.63) is 70.8 Å². The number of halogens is 1. The molecule has 6 nitrogen and oxygen atoms in total. The first-order valence-corrected chi connectivity index (χ1v) is 10.7. The minimum atomic E-state index is -0.284. The predicted molar refractivity (Wildman–Crippen MR) is 130 cm³/mol. The number of hydrogen-bond acceptors (Lipinski definition) is 6. The van der Waals surface area contributed by atoms with Gasteiger partial charge in [0.1, 0.15) is 13.2 Å². The maximum Gasteiger partial charge on any atom is 0.338 e. The molecule has 0 bridgehead atoms. The first-order valence-electron chi connectivity index (χ1n) is 10.7. The van der Waals surface area contributed by atoms with Crippen LogP contribution in [0.5, 0.6) is 0 Å². The van der Waals surface area contributed by atoms with Crippen molar-refractivity contribution in [1.82, 2.24) is 9.80 Å². The van der Waals surface area contributed by atoms with E-state index in [0.29, 0.717) is 37.4 Å². The lowest BCUT2D eigenvalue weighted by Gasteiger charge is -2.10. The van der Waals surface area contributed by atoms with Crippen LogP contribution in [0.2, 0.25) is 0 Å². The van der Waals surface area contributed by atoms with Crippen molar-refractivity contribution < 1.29 is 19.1 Å². The van der Waals surface area contributed by atoms with Gasteiger partial charge in [-0.25, -0.2) is 9.59 Å². The smallest absolute Gasteiger partial charge is 0.338 e. The zero-order chi connectivity index (χ0) is 22.6. The summed E-state index contributed by atoms with van der Waals surface area (Å²) in [6, 6.07) is 15.2. The van der Waals surface area contributed by atoms with Gasteiger partial charge in [0.2, 0.25) is 0 Å². The van der Waals surface area contributed by atoms with E-state index in [1.165, 1.54) is 11.1 Å². The summed E-state index contributed by atoms with van der Waals surface area (Å²) in [5.74, 6) is -0.567. The van der Waals surface area contributed by atoms with Crippen LogP contribution in [0.3, 0.4) is 0 Å². The molecule has 0 aliphatic heterocycles. The van der Waals surface area contributed by atoms with Gasteiger partial charge in [-0.15, -0.1) is 12.4 Å². The zero-order valence-corrected chi connectivity index (χ0v) is 20.3. The molecule has 0 N–H and O–H groups in total. The first-order chi connectivity index (χ1) is 14.8. The van der Waals surface area contributed by atoms with Crippen molar-refractivity contribution >= 4 is 24.3 Å². The highest BCUT2D eigenvalue weighted by molar-refractivity contribution is 5.89. The number of aryl methyl sites for hydroxylation is 2. The second-order valence-corrected chi connectivity index (χ2v) is 8.13. The molecule has 0 heterocycles. The minimum Gasteiger partial charge on any atom is -0.461 e. The Labute approximate surface area is 197 Å². The number of likely N-dealkylation sites (N-methyl/N-ethyl adjacent to an activating group) is 2. The van der Waals surface area contributed by atoms with E-state index in [4.69, 9.17) is 9.47 Å². The van der Waals surface area contributed by atoms with Crippen LogP contribution in [0.1, 0.15) is 38.3 Å². The van der Waals surface area contributed by atoms with Crippen molar-refractivity contribution in [2.75, 3.05) is 54.5 Å². The van der Waals surface area contributed by atoms with E-state index in [2.05, 4.69) is 0 Å². The quantitative estimate of drug-likeness (QED) is 0.448. The molecule has 0 atom stereocenters. The van der Waals surface area contributed by atoms with E-state index in [1.54, 1.807) is 0 Å². The standard InChI is InChI=1S/C25H34N2O4.ClH/c1-26(2)16-18-30-24(28)22-12-8-20(9-13-22)6-5-7-21-10-14-23(15-11-21)25(29)31-19-17-27(3)4;/h8-15H,5-7,16-19H2,1-4H3;1H. The van der Waals surface area contributed by atoms with Crippen molar-refractivity contribution in [2.45, 2.75) is 19.3 Å². The molecule has 0 spiro atoms. The molecule has 0 amide bonds. The van der Waals surface area contributed by atoms with Crippen molar-refractivity contribution in [2.24, 2.45) is 0 Å². The van der Waals surface area contributed by atoms with E-state index < -0.39 is 0 Å². The lowest BCUT2D eigenvalue weighted by atomic mass is 10.0. The van der Waals surface area contributed by atoms with Gasteiger partial charge in [0.25, 0.3) is 0 Å². The maximum atomic E-state index is 12.0. The van der Waals surface area contributed by atoms with E-state index in [-0.39, 0.29) is 24.3 Å². The lowest BCUT2D eigenvalue weighted by molar-refractivity contribution is 0.0472. The third-order valence-corrected chi connectivity index (χ3v) is 4.85. The molecule has 0 fully saturated rings. The van der Waals surface area contributed by atoms with Crippen molar-refractivity contribution in [1.29, 1.82) is 0 Å². The Balaban J connectivity index is 0.00000512. The number of esters is 2. The Morgan fingerprint density at radius 3 is 1.31 bits per heavy atom. The second kappa shape index (κ2) is 14.6. The van der Waals surface area contributed by atoms with Crippen LogP contribution < -0.4 is 0 Å². The van der Waals surface area contributed by atoms with E-state index in [0.717, 1.165) is 19.3 Å². The number of rotatable bonds is 12. The third-order valence-electron chi connectivity index (χ3n) is 4.85. The normalized spacial score (nSPS) is 10.7. The zero-order valence-electron chi connectivity index (χ0n) is 19.5. The fourth-order valence-electron chi connectivity index (χ4n) is 2.92. The second-order valence-electron chi connectivity index (χ2n) is 8.13. The molecule has 2 rings (SSSR count). The van der Waals surface area contributed by atoms with E-state index >= 15 is 0 Å². The topological polar surface area (TPSA) is 59.1 Å². The lowest BCUT2D eigenvalue weighted by Crippen LogP contribution is -2.20. The van der Waals surface area contributed by atoms with Crippen LogP contribution in [-0.4, -0.2) is 76.2 Å². The van der Waals surface area contributed by atoms with Crippen LogP contribution in [0, 0.1) is 0 Å². The maximum absolute atomic E-state index is 12.0. The summed E-state index contributed by atoms with van der Waals surface area (Å²) in [4.78, 5) is 28.0. The number of nitrogens with zero attached hydrogens (tertiary/aromatic N) is 2. The SMILES string of the molecule is CN(C)CCOC(=O)c1ccc(CCCc2ccc(C(=O)OCCN(C)C)cc2)cc1.Cl. The van der Waals surface area contributed by atoms with Crippen LogP contribution in [0.25, 0.3) is 0 Å². The monoisotopic (exact) mass is 462 g/mol. The Bertz CT molecular complexity index is 751. The number of carbonyl (C=O) groups excluding carboxylic acids is 2. The molecule has 0 unspecified atom stereocenters. The van der Waals surface area contributed by atoms with Gasteiger partial charge in [0.05, 0.1) is 11.1 Å². The summed E-state index contributed by atoms with van der Waals surface area (Å²) >= 11 is 0. The van der Waals surface area contributed by atoms with Gasteiger partial charge in [0, 0.05) is 13.1 Å². The molecular weight excluding hydrogens is 428 g/mol. The number of hydrogen-bond donors (Lipinski definition) is 0. The van der Waals surface area contributed by atoms with Crippen LogP contribution in [0.4, 0.5) is 0 Å². The third kappa shape index (κ3) is 10.3. The fraction of sp³-hybridized carbons (Fsp3) is 0.440. The van der Waals surface area contributed by atoms with Gasteiger partial charge in [-0.05, 0) is 82.8 Å². The molecule has 176 valence electrons. The van der Waals surface area contributed by atoms with Gasteiger partial charge in [0.15, 0.2) is 0 Å². The summed E-state index contributed by atoms with van der Waals surface area (Å²) in [6.07, 6.45) is 2.83. The predicted octanol–water partition coefficient (Wildman–Crippen LogP) is 3.72. The summed E-state index contributed by atoms with van der Waals surface area (Å²) in [5.41, 5.74) is 3.53. The van der Waals surface area contributed by atoms with Crippen molar-refractivity contribution in [3.63, 3.8) is 0 Å². The summed E-state index contributed by atoms with van der Waals surface area (Å²) in [7, 11) is 7.77. The average molecular weight is 463 g/mol. The molecule has 0 aromatic heterocycles. The Kier molecular flexibility index (Phi) is 12.6. The highest BCUT2D eigenvalue weighted by Crippen LogP contribution is 2.12. The Morgan fingerprint density at radius 2 is 1.00 bits per heavy atom. The summed E-state index contributed by atoms with van der Waals surface area (Å²) in [6.45, 7) is 2.20. The average Bonchev–Trinajstić information content (AvgIpc) is 2.74. The highest BCUT2D eigenvalue weighted by atomic mass is 35.5. The number of ether oxygens (including phenoxy) is 2. The molecule has 0 aliphatic carbocycles. The van der Waals surface area contributed by atoms with Gasteiger partial charge in [-0.2, -0.15) is 0 Å². The highest BCUT2D eigenvalue weighted by Gasteiger charge is 2.08. The van der Waals surface area contributed by atoms with Gasteiger partial charge in [-0.1, -0.05) is 24.3 Å². The van der Waals surface area contributed by atoms with Crippen molar-refractivity contribution in [3.8, 4) is 0 Å². The van der Waals surface area contributed by atoms with E-state index in [9.17, 15) is 9.59 Å². The molecular formula is C25H35ClN2O4. The number of carbonyl (C=O) groups is 2. The largest absolute Gasteiger partial charge is 0.461 e.